The first kappa shape index (κ1) is 15.6. The van der Waals surface area contributed by atoms with E-state index in [0.717, 1.165) is 10.2 Å². The summed E-state index contributed by atoms with van der Waals surface area (Å²) in [7, 11) is 0. The summed E-state index contributed by atoms with van der Waals surface area (Å²) in [6.45, 7) is 1.76. The van der Waals surface area contributed by atoms with Crippen LogP contribution in [0.15, 0.2) is 51.2 Å². The van der Waals surface area contributed by atoms with Gasteiger partial charge in [0.15, 0.2) is 0 Å². The molecule has 0 fully saturated rings. The number of rotatable bonds is 4. The zero-order valence-corrected chi connectivity index (χ0v) is 14.2. The van der Waals surface area contributed by atoms with Crippen LogP contribution in [0.5, 0.6) is 0 Å². The number of hydrogen-bond donors (Lipinski definition) is 0. The van der Waals surface area contributed by atoms with Crippen LogP contribution < -0.4 is 0 Å². The first-order valence-electron chi connectivity index (χ1n) is 6.38. The molecule has 0 saturated carbocycles. The quantitative estimate of drug-likeness (QED) is 0.496. The molecule has 3 aromatic rings. The van der Waals surface area contributed by atoms with Crippen molar-refractivity contribution in [1.82, 2.24) is 25.2 Å². The van der Waals surface area contributed by atoms with Crippen molar-refractivity contribution in [3.63, 3.8) is 0 Å². The minimum atomic E-state index is -0.472. The van der Waals surface area contributed by atoms with Crippen molar-refractivity contribution in [3.05, 3.63) is 56.7 Å². The number of nitro groups is 1. The second-order valence-electron chi connectivity index (χ2n) is 4.52. The van der Waals surface area contributed by atoms with E-state index in [4.69, 9.17) is 0 Å². The number of tetrazole rings is 1. The van der Waals surface area contributed by atoms with E-state index in [1.165, 1.54) is 24.0 Å². The van der Waals surface area contributed by atoms with E-state index in [-0.39, 0.29) is 5.69 Å². The van der Waals surface area contributed by atoms with E-state index in [0.29, 0.717) is 15.7 Å². The molecule has 2 heterocycles. The first-order valence-corrected chi connectivity index (χ1v) is 7.99. The molecule has 0 N–H and O–H groups in total. The van der Waals surface area contributed by atoms with Gasteiger partial charge in [0, 0.05) is 10.5 Å². The number of benzene rings is 1. The minimum absolute atomic E-state index is 0.0423. The zero-order valence-electron chi connectivity index (χ0n) is 11.8. The van der Waals surface area contributed by atoms with Crippen molar-refractivity contribution in [2.45, 2.75) is 17.1 Å². The first-order chi connectivity index (χ1) is 11.0. The lowest BCUT2D eigenvalue weighted by molar-refractivity contribution is -0.385. The fraction of sp³-hybridized carbons (Fsp3) is 0.0769. The predicted octanol–water partition coefficient (Wildman–Crippen LogP) is 3.19. The lowest BCUT2D eigenvalue weighted by Crippen LogP contribution is -1.99. The number of aryl methyl sites for hydroxylation is 1. The topological polar surface area (TPSA) is 99.6 Å². The maximum Gasteiger partial charge on any atom is 0.287 e. The van der Waals surface area contributed by atoms with E-state index in [1.807, 2.05) is 24.3 Å². The largest absolute Gasteiger partial charge is 0.287 e. The lowest BCUT2D eigenvalue weighted by atomic mass is 10.3. The molecule has 0 amide bonds. The van der Waals surface area contributed by atoms with Crippen molar-refractivity contribution in [2.75, 3.05) is 0 Å². The van der Waals surface area contributed by atoms with Gasteiger partial charge in [-0.1, -0.05) is 15.9 Å². The molecular formula is C13H9BrN6O2S. The SMILES string of the molecule is Cc1cc([N+](=O)[O-])cnc1Sc1nnnn1-c1ccc(Br)cc1. The normalized spacial score (nSPS) is 10.7. The van der Waals surface area contributed by atoms with Gasteiger partial charge in [0.05, 0.1) is 10.6 Å². The van der Waals surface area contributed by atoms with Crippen LogP contribution in [-0.2, 0) is 0 Å². The van der Waals surface area contributed by atoms with Crippen LogP contribution in [-0.4, -0.2) is 30.1 Å². The molecule has 3 rings (SSSR count). The molecule has 0 spiro atoms. The third-order valence-corrected chi connectivity index (χ3v) is 4.51. The van der Waals surface area contributed by atoms with Gasteiger partial charge < -0.3 is 0 Å². The maximum atomic E-state index is 10.8. The van der Waals surface area contributed by atoms with Gasteiger partial charge in [-0.05, 0) is 58.9 Å². The molecule has 0 atom stereocenters. The van der Waals surface area contributed by atoms with E-state index in [2.05, 4.69) is 36.4 Å². The number of halogens is 1. The Morgan fingerprint density at radius 2 is 2.04 bits per heavy atom. The van der Waals surface area contributed by atoms with Crippen LogP contribution in [0.3, 0.4) is 0 Å². The Labute approximate surface area is 143 Å². The highest BCUT2D eigenvalue weighted by Crippen LogP contribution is 2.29. The standard InChI is InChI=1S/C13H9BrN6O2S/c1-8-6-11(20(21)22)7-15-12(8)23-13-16-17-18-19(13)10-4-2-9(14)3-5-10/h2-7H,1H3. The molecule has 0 unspecified atom stereocenters. The van der Waals surface area contributed by atoms with Gasteiger partial charge in [-0.2, -0.15) is 4.68 Å². The van der Waals surface area contributed by atoms with Gasteiger partial charge in [-0.3, -0.25) is 10.1 Å². The highest BCUT2D eigenvalue weighted by molar-refractivity contribution is 9.10. The molecule has 0 aliphatic rings. The van der Waals surface area contributed by atoms with Crippen LogP contribution in [0.2, 0.25) is 0 Å². The Kier molecular flexibility index (Phi) is 4.35. The predicted molar refractivity (Wildman–Crippen MR) is 86.6 cm³/mol. The van der Waals surface area contributed by atoms with Crippen molar-refractivity contribution in [1.29, 1.82) is 0 Å². The summed E-state index contributed by atoms with van der Waals surface area (Å²) in [5.41, 5.74) is 1.45. The molecule has 1 aromatic carbocycles. The van der Waals surface area contributed by atoms with E-state index < -0.39 is 4.92 Å². The smallest absolute Gasteiger partial charge is 0.258 e. The van der Waals surface area contributed by atoms with Gasteiger partial charge in [0.1, 0.15) is 11.2 Å². The summed E-state index contributed by atoms with van der Waals surface area (Å²) >= 11 is 4.63. The molecule has 0 aliphatic carbocycles. The fourth-order valence-electron chi connectivity index (χ4n) is 1.83. The molecule has 0 saturated heterocycles. The second-order valence-corrected chi connectivity index (χ2v) is 6.40. The summed E-state index contributed by atoms with van der Waals surface area (Å²) in [6.07, 6.45) is 1.23. The van der Waals surface area contributed by atoms with Crippen LogP contribution in [0.25, 0.3) is 5.69 Å². The van der Waals surface area contributed by atoms with Crippen molar-refractivity contribution < 1.29 is 4.92 Å². The van der Waals surface area contributed by atoms with Crippen LogP contribution in [0, 0.1) is 17.0 Å². The van der Waals surface area contributed by atoms with E-state index in [1.54, 1.807) is 11.6 Å². The molecular weight excluding hydrogens is 384 g/mol. The fourth-order valence-corrected chi connectivity index (χ4v) is 2.90. The third kappa shape index (κ3) is 3.37. The average molecular weight is 393 g/mol. The molecule has 2 aromatic heterocycles. The van der Waals surface area contributed by atoms with Gasteiger partial charge >= 0.3 is 0 Å². The summed E-state index contributed by atoms with van der Waals surface area (Å²) in [5, 5.41) is 23.6. The summed E-state index contributed by atoms with van der Waals surface area (Å²) in [4.78, 5) is 14.4. The highest BCUT2D eigenvalue weighted by Gasteiger charge is 2.15. The van der Waals surface area contributed by atoms with Crippen LogP contribution in [0.1, 0.15) is 5.56 Å². The van der Waals surface area contributed by atoms with E-state index in [9.17, 15) is 10.1 Å². The van der Waals surface area contributed by atoms with Gasteiger partial charge in [0.2, 0.25) is 5.16 Å². The maximum absolute atomic E-state index is 10.8. The van der Waals surface area contributed by atoms with Crippen molar-refractivity contribution in [3.8, 4) is 5.69 Å². The lowest BCUT2D eigenvalue weighted by Gasteiger charge is -2.05. The average Bonchev–Trinajstić information content (AvgIpc) is 2.98. The Bertz CT molecular complexity index is 867. The molecule has 8 nitrogen and oxygen atoms in total. The second kappa shape index (κ2) is 6.42. The summed E-state index contributed by atoms with van der Waals surface area (Å²) in [5.74, 6) is 0. The number of aromatic nitrogens is 5. The molecule has 0 radical (unpaired) electrons. The minimum Gasteiger partial charge on any atom is -0.258 e. The third-order valence-electron chi connectivity index (χ3n) is 2.93. The van der Waals surface area contributed by atoms with E-state index >= 15 is 0 Å². The molecule has 23 heavy (non-hydrogen) atoms. The highest BCUT2D eigenvalue weighted by atomic mass is 79.9. The van der Waals surface area contributed by atoms with Gasteiger partial charge in [0.25, 0.3) is 5.69 Å². The van der Waals surface area contributed by atoms with Gasteiger partial charge in [-0.25, -0.2) is 4.98 Å². The monoisotopic (exact) mass is 392 g/mol. The Morgan fingerprint density at radius 1 is 1.30 bits per heavy atom. The van der Waals surface area contributed by atoms with Crippen molar-refractivity contribution in [2.24, 2.45) is 0 Å². The molecule has 0 bridgehead atoms. The van der Waals surface area contributed by atoms with Crippen molar-refractivity contribution >= 4 is 33.4 Å². The molecule has 10 heteroatoms. The van der Waals surface area contributed by atoms with Crippen LogP contribution in [0.4, 0.5) is 5.69 Å². The number of pyridine rings is 1. The number of nitrogens with zero attached hydrogens (tertiary/aromatic N) is 6. The van der Waals surface area contributed by atoms with Crippen LogP contribution >= 0.6 is 27.7 Å². The zero-order chi connectivity index (χ0) is 16.4. The summed E-state index contributed by atoms with van der Waals surface area (Å²) < 4.78 is 2.54. The molecule has 116 valence electrons. The Morgan fingerprint density at radius 3 is 2.70 bits per heavy atom. The number of hydrogen-bond acceptors (Lipinski definition) is 7. The van der Waals surface area contributed by atoms with Gasteiger partial charge in [-0.15, -0.1) is 5.10 Å². The Hall–Kier alpha value is -2.33. The molecule has 0 aliphatic heterocycles. The Balaban J connectivity index is 1.91. The summed E-state index contributed by atoms with van der Waals surface area (Å²) in [6, 6.07) is 9.01.